The molecule has 0 radical (unpaired) electrons. The monoisotopic (exact) mass is 520 g/mol. The van der Waals surface area contributed by atoms with E-state index in [1.165, 1.54) is 15.6 Å². The van der Waals surface area contributed by atoms with E-state index in [2.05, 4.69) is 18.0 Å². The van der Waals surface area contributed by atoms with Gasteiger partial charge in [0.05, 0.1) is 27.6 Å². The summed E-state index contributed by atoms with van der Waals surface area (Å²) in [5.41, 5.74) is 4.04. The molecule has 7 nitrogen and oxygen atoms in total. The topological polar surface area (TPSA) is 83.5 Å². The maximum atomic E-state index is 14.0. The highest BCUT2D eigenvalue weighted by molar-refractivity contribution is 7.89. The zero-order chi connectivity index (χ0) is 25.3. The quantitative estimate of drug-likeness (QED) is 0.360. The van der Waals surface area contributed by atoms with Crippen molar-refractivity contribution in [3.8, 4) is 0 Å². The highest BCUT2D eigenvalue weighted by Crippen LogP contribution is 2.34. The first-order valence-electron chi connectivity index (χ1n) is 12.0. The van der Waals surface area contributed by atoms with Gasteiger partial charge in [-0.2, -0.15) is 4.31 Å². The molecule has 1 unspecified atom stereocenters. The minimum Gasteiger partial charge on any atom is -0.283 e. The van der Waals surface area contributed by atoms with E-state index in [1.54, 1.807) is 47.6 Å². The predicted octanol–water partition coefficient (Wildman–Crippen LogP) is 4.94. The molecule has 36 heavy (non-hydrogen) atoms. The molecule has 3 heterocycles. The van der Waals surface area contributed by atoms with Gasteiger partial charge in [0.25, 0.3) is 0 Å². The maximum Gasteiger partial charge on any atom is 0.243 e. The highest BCUT2D eigenvalue weighted by atomic mass is 32.2. The number of carbonyl (C=O) groups excluding carboxylic acids is 1. The van der Waals surface area contributed by atoms with Crippen LogP contribution < -0.4 is 4.90 Å². The van der Waals surface area contributed by atoms with Crippen LogP contribution in [0.15, 0.2) is 71.9 Å². The summed E-state index contributed by atoms with van der Waals surface area (Å²) >= 11 is 1.48. The minimum absolute atomic E-state index is 0.111. The first-order valence-corrected chi connectivity index (χ1v) is 14.2. The second-order valence-electron chi connectivity index (χ2n) is 9.15. The van der Waals surface area contributed by atoms with E-state index >= 15 is 0 Å². The lowest BCUT2D eigenvalue weighted by Crippen LogP contribution is -2.46. The summed E-state index contributed by atoms with van der Waals surface area (Å²) < 4.78 is 29.0. The first-order chi connectivity index (χ1) is 17.3. The molecule has 5 rings (SSSR count). The van der Waals surface area contributed by atoms with Crippen molar-refractivity contribution in [3.63, 3.8) is 0 Å². The van der Waals surface area contributed by atoms with Crippen LogP contribution >= 0.6 is 11.3 Å². The van der Waals surface area contributed by atoms with Crippen LogP contribution in [0.25, 0.3) is 10.2 Å². The SMILES string of the molecule is Cc1ccc2sc(N(Cc3cccnc3)C(=O)C3CCCN(S(=O)(=O)c4ccccc4)C3)nc2c1C. The summed E-state index contributed by atoms with van der Waals surface area (Å²) in [6.07, 6.45) is 4.70. The van der Waals surface area contributed by atoms with Crippen molar-refractivity contribution in [3.05, 3.63) is 83.7 Å². The molecular weight excluding hydrogens is 492 g/mol. The van der Waals surface area contributed by atoms with Gasteiger partial charge >= 0.3 is 0 Å². The van der Waals surface area contributed by atoms with Gasteiger partial charge in [0.2, 0.25) is 15.9 Å². The van der Waals surface area contributed by atoms with E-state index in [1.807, 2.05) is 25.1 Å². The summed E-state index contributed by atoms with van der Waals surface area (Å²) in [7, 11) is -3.67. The Morgan fingerprint density at radius 1 is 1.11 bits per heavy atom. The average Bonchev–Trinajstić information content (AvgIpc) is 3.35. The number of piperidine rings is 1. The highest BCUT2D eigenvalue weighted by Gasteiger charge is 2.36. The lowest BCUT2D eigenvalue weighted by molar-refractivity contribution is -0.123. The lowest BCUT2D eigenvalue weighted by atomic mass is 9.98. The van der Waals surface area contributed by atoms with Gasteiger partial charge in [-0.05, 0) is 67.6 Å². The van der Waals surface area contributed by atoms with E-state index in [9.17, 15) is 13.2 Å². The summed E-state index contributed by atoms with van der Waals surface area (Å²) in [6, 6.07) is 16.3. The fraction of sp³-hybridized carbons (Fsp3) is 0.296. The smallest absolute Gasteiger partial charge is 0.243 e. The summed E-state index contributed by atoms with van der Waals surface area (Å²) in [5.74, 6) is -0.566. The number of amides is 1. The van der Waals surface area contributed by atoms with E-state index in [0.29, 0.717) is 31.1 Å². The van der Waals surface area contributed by atoms with Crippen molar-refractivity contribution in [1.82, 2.24) is 14.3 Å². The number of aryl methyl sites for hydroxylation is 2. The van der Waals surface area contributed by atoms with Crippen LogP contribution in [0.5, 0.6) is 0 Å². The Balaban J connectivity index is 1.47. The molecule has 1 amide bonds. The Morgan fingerprint density at radius 3 is 2.67 bits per heavy atom. The third-order valence-electron chi connectivity index (χ3n) is 6.75. The Hall–Kier alpha value is -3.14. The van der Waals surface area contributed by atoms with Gasteiger partial charge in [-0.25, -0.2) is 13.4 Å². The van der Waals surface area contributed by atoms with Crippen LogP contribution in [0, 0.1) is 19.8 Å². The van der Waals surface area contributed by atoms with Crippen LogP contribution in [0.1, 0.15) is 29.5 Å². The summed E-state index contributed by atoms with van der Waals surface area (Å²) in [6.45, 7) is 4.98. The number of sulfonamides is 1. The molecule has 0 bridgehead atoms. The Bertz CT molecular complexity index is 1490. The van der Waals surface area contributed by atoms with E-state index < -0.39 is 15.9 Å². The van der Waals surface area contributed by atoms with Crippen molar-refractivity contribution in [2.75, 3.05) is 18.0 Å². The second-order valence-corrected chi connectivity index (χ2v) is 12.1. The number of rotatable bonds is 6. The first kappa shape index (κ1) is 24.5. The molecule has 186 valence electrons. The zero-order valence-corrected chi connectivity index (χ0v) is 21.9. The van der Waals surface area contributed by atoms with E-state index in [4.69, 9.17) is 4.98 Å². The number of fused-ring (bicyclic) bond motifs is 1. The number of aromatic nitrogens is 2. The molecule has 1 saturated heterocycles. The molecule has 0 N–H and O–H groups in total. The maximum absolute atomic E-state index is 14.0. The number of benzene rings is 2. The minimum atomic E-state index is -3.67. The van der Waals surface area contributed by atoms with Crippen molar-refractivity contribution in [2.45, 2.75) is 38.1 Å². The lowest BCUT2D eigenvalue weighted by Gasteiger charge is -2.33. The molecule has 1 atom stereocenters. The number of thiazole rings is 1. The Labute approximate surface area is 215 Å². The van der Waals surface area contributed by atoms with Gasteiger partial charge in [-0.3, -0.25) is 14.7 Å². The molecule has 1 aliphatic heterocycles. The second kappa shape index (κ2) is 10.1. The van der Waals surface area contributed by atoms with Crippen LogP contribution in [0.2, 0.25) is 0 Å². The number of nitrogens with zero attached hydrogens (tertiary/aromatic N) is 4. The number of anilines is 1. The predicted molar refractivity (Wildman–Crippen MR) is 142 cm³/mol. The standard InChI is InChI=1S/C27H28N4O3S2/c1-19-12-13-24-25(20(19)2)29-27(35-24)31(17-21-8-6-14-28-16-21)26(32)22-9-7-15-30(18-22)36(33,34)23-10-4-3-5-11-23/h3-6,8,10-14,16,22H,7,9,15,17-18H2,1-2H3. The molecule has 9 heteroatoms. The normalized spacial score (nSPS) is 16.8. The van der Waals surface area contributed by atoms with Crippen molar-refractivity contribution >= 4 is 42.6 Å². The average molecular weight is 521 g/mol. The number of hydrogen-bond donors (Lipinski definition) is 0. The Morgan fingerprint density at radius 2 is 1.92 bits per heavy atom. The third-order valence-corrected chi connectivity index (χ3v) is 9.67. The van der Waals surface area contributed by atoms with Gasteiger partial charge < -0.3 is 0 Å². The molecule has 0 spiro atoms. The van der Waals surface area contributed by atoms with Crippen LogP contribution in [0.4, 0.5) is 5.13 Å². The van der Waals surface area contributed by atoms with E-state index in [-0.39, 0.29) is 17.3 Å². The fourth-order valence-corrected chi connectivity index (χ4v) is 7.14. The molecule has 0 saturated carbocycles. The van der Waals surface area contributed by atoms with Gasteiger partial charge in [-0.15, -0.1) is 0 Å². The van der Waals surface area contributed by atoms with Gasteiger partial charge in [-0.1, -0.05) is 41.7 Å². The molecule has 4 aromatic rings. The Kier molecular flexibility index (Phi) is 6.87. The number of hydrogen-bond acceptors (Lipinski definition) is 6. The molecule has 2 aromatic carbocycles. The van der Waals surface area contributed by atoms with Gasteiger partial charge in [0.15, 0.2) is 5.13 Å². The zero-order valence-electron chi connectivity index (χ0n) is 20.3. The van der Waals surface area contributed by atoms with Gasteiger partial charge in [0.1, 0.15) is 0 Å². The summed E-state index contributed by atoms with van der Waals surface area (Å²) in [5, 5.41) is 0.621. The molecule has 1 fully saturated rings. The van der Waals surface area contributed by atoms with Gasteiger partial charge in [0, 0.05) is 25.5 Å². The molecule has 2 aromatic heterocycles. The number of carbonyl (C=O) groups is 1. The molecule has 1 aliphatic rings. The van der Waals surface area contributed by atoms with Crippen molar-refractivity contribution < 1.29 is 13.2 Å². The summed E-state index contributed by atoms with van der Waals surface area (Å²) in [4.78, 5) is 25.0. The number of pyridine rings is 1. The van der Waals surface area contributed by atoms with Crippen molar-refractivity contribution in [1.29, 1.82) is 0 Å². The van der Waals surface area contributed by atoms with E-state index in [0.717, 1.165) is 26.9 Å². The largest absolute Gasteiger partial charge is 0.283 e. The van der Waals surface area contributed by atoms with Crippen LogP contribution in [0.3, 0.4) is 0 Å². The third kappa shape index (κ3) is 4.78. The van der Waals surface area contributed by atoms with Crippen molar-refractivity contribution in [2.24, 2.45) is 5.92 Å². The fourth-order valence-electron chi connectivity index (χ4n) is 4.57. The van der Waals surface area contributed by atoms with Crippen LogP contribution in [-0.4, -0.2) is 41.7 Å². The molecular formula is C27H28N4O3S2. The van der Waals surface area contributed by atoms with Crippen LogP contribution in [-0.2, 0) is 21.4 Å². The molecule has 0 aliphatic carbocycles.